The second-order valence-corrected chi connectivity index (χ2v) is 6.89. The van der Waals surface area contributed by atoms with Crippen molar-refractivity contribution in [2.45, 2.75) is 69.6 Å². The molecule has 2 aliphatic carbocycles. The average molecular weight is 327 g/mol. The molecule has 23 heavy (non-hydrogen) atoms. The third-order valence-electron chi connectivity index (χ3n) is 5.07. The van der Waals surface area contributed by atoms with Crippen LogP contribution in [0.4, 0.5) is 4.79 Å². The van der Waals surface area contributed by atoms with Crippen molar-refractivity contribution >= 4 is 12.0 Å². The zero-order valence-corrected chi connectivity index (χ0v) is 13.9. The number of aliphatic carboxylic acids is 1. The van der Waals surface area contributed by atoms with Gasteiger partial charge in [-0.1, -0.05) is 26.2 Å². The summed E-state index contributed by atoms with van der Waals surface area (Å²) in [4.78, 5) is 24.6. The molecule has 0 radical (unpaired) electrons. The lowest BCUT2D eigenvalue weighted by Crippen LogP contribution is -2.57. The fourth-order valence-corrected chi connectivity index (χ4v) is 3.54. The van der Waals surface area contributed by atoms with Crippen LogP contribution in [0.3, 0.4) is 0 Å². The highest BCUT2D eigenvalue weighted by Gasteiger charge is 2.35. The molecular formula is C16H29N3O4. The molecule has 0 saturated heterocycles. The maximum absolute atomic E-state index is 11.9. The molecule has 4 N–H and O–H groups in total. The minimum absolute atomic E-state index is 0.0487. The quantitative estimate of drug-likeness (QED) is 0.557. The first-order valence-corrected chi connectivity index (χ1v) is 8.64. The molecule has 7 nitrogen and oxygen atoms in total. The molecule has 0 atom stereocenters. The van der Waals surface area contributed by atoms with Gasteiger partial charge in [-0.25, -0.2) is 4.79 Å². The molecule has 0 bridgehead atoms. The molecule has 0 aromatic heterocycles. The van der Waals surface area contributed by atoms with Crippen LogP contribution >= 0.6 is 0 Å². The van der Waals surface area contributed by atoms with Crippen molar-refractivity contribution in [3.63, 3.8) is 0 Å². The summed E-state index contributed by atoms with van der Waals surface area (Å²) in [6.07, 6.45) is 6.24. The monoisotopic (exact) mass is 327 g/mol. The molecule has 0 heterocycles. The van der Waals surface area contributed by atoms with E-state index in [1.807, 2.05) is 11.8 Å². The number of rotatable bonds is 7. The predicted octanol–water partition coefficient (Wildman–Crippen LogP) is 0.918. The summed E-state index contributed by atoms with van der Waals surface area (Å²) in [5, 5.41) is 24.9. The predicted molar refractivity (Wildman–Crippen MR) is 86.3 cm³/mol. The van der Waals surface area contributed by atoms with Gasteiger partial charge in [-0.15, -0.1) is 0 Å². The van der Waals surface area contributed by atoms with Gasteiger partial charge in [0.2, 0.25) is 0 Å². The Morgan fingerprint density at radius 2 is 1.87 bits per heavy atom. The molecule has 2 saturated carbocycles. The number of carbonyl (C=O) groups is 2. The van der Waals surface area contributed by atoms with Crippen LogP contribution in [0, 0.1) is 0 Å². The van der Waals surface area contributed by atoms with Crippen LogP contribution in [0.5, 0.6) is 0 Å². The first-order valence-electron chi connectivity index (χ1n) is 8.64. The van der Waals surface area contributed by atoms with Gasteiger partial charge in [0.15, 0.2) is 0 Å². The maximum Gasteiger partial charge on any atom is 0.317 e. The van der Waals surface area contributed by atoms with E-state index in [9.17, 15) is 14.7 Å². The Kier molecular flexibility index (Phi) is 6.24. The van der Waals surface area contributed by atoms with Gasteiger partial charge in [0, 0.05) is 18.6 Å². The first-order chi connectivity index (χ1) is 10.9. The molecule has 2 amide bonds. The normalized spacial score (nSPS) is 26.4. The second-order valence-electron chi connectivity index (χ2n) is 6.89. The molecule has 2 aliphatic rings. The third kappa shape index (κ3) is 5.35. The summed E-state index contributed by atoms with van der Waals surface area (Å²) in [5.41, 5.74) is -0.752. The van der Waals surface area contributed by atoms with Crippen molar-refractivity contribution < 1.29 is 19.8 Å². The van der Waals surface area contributed by atoms with Crippen molar-refractivity contribution in [3.8, 4) is 0 Å². The lowest BCUT2D eigenvalue weighted by Gasteiger charge is -2.42. The Bertz CT molecular complexity index is 418. The number of urea groups is 1. The highest BCUT2D eigenvalue weighted by molar-refractivity contribution is 5.74. The van der Waals surface area contributed by atoms with Crippen LogP contribution < -0.4 is 10.6 Å². The Morgan fingerprint density at radius 3 is 2.43 bits per heavy atom. The molecule has 0 aromatic rings. The molecule has 132 valence electrons. The van der Waals surface area contributed by atoms with E-state index in [1.54, 1.807) is 0 Å². The Morgan fingerprint density at radius 1 is 1.22 bits per heavy atom. The lowest BCUT2D eigenvalue weighted by atomic mass is 9.84. The fraction of sp³-hybridized carbons (Fsp3) is 0.875. The van der Waals surface area contributed by atoms with E-state index in [0.717, 1.165) is 44.9 Å². The van der Waals surface area contributed by atoms with E-state index >= 15 is 0 Å². The number of hydrogen-bond donors (Lipinski definition) is 4. The van der Waals surface area contributed by atoms with E-state index in [2.05, 4.69) is 10.6 Å². The molecule has 0 aromatic carbocycles. The summed E-state index contributed by atoms with van der Waals surface area (Å²) < 4.78 is 0. The van der Waals surface area contributed by atoms with E-state index in [1.165, 1.54) is 0 Å². The molecule has 2 rings (SSSR count). The van der Waals surface area contributed by atoms with E-state index < -0.39 is 11.6 Å². The summed E-state index contributed by atoms with van der Waals surface area (Å²) in [7, 11) is 0. The van der Waals surface area contributed by atoms with Crippen molar-refractivity contribution in [2.75, 3.05) is 19.6 Å². The molecular weight excluding hydrogens is 298 g/mol. The minimum atomic E-state index is -0.818. The number of carbonyl (C=O) groups excluding carboxylic acids is 1. The van der Waals surface area contributed by atoms with E-state index in [0.29, 0.717) is 13.1 Å². The van der Waals surface area contributed by atoms with Crippen LogP contribution in [0.1, 0.15) is 51.9 Å². The SMILES string of the molecule is CCN(CC(=O)O)C1CC(NC(=O)NCC2(O)CCCCC2)C1. The van der Waals surface area contributed by atoms with Crippen LogP contribution in [0.25, 0.3) is 0 Å². The Balaban J connectivity index is 1.64. The van der Waals surface area contributed by atoms with Crippen molar-refractivity contribution in [3.05, 3.63) is 0 Å². The third-order valence-corrected chi connectivity index (χ3v) is 5.07. The van der Waals surface area contributed by atoms with E-state index in [4.69, 9.17) is 5.11 Å². The second kappa shape index (κ2) is 7.97. The van der Waals surface area contributed by atoms with Crippen molar-refractivity contribution in [1.82, 2.24) is 15.5 Å². The Labute approximate surface area is 137 Å². The van der Waals surface area contributed by atoms with Gasteiger partial charge in [0.05, 0.1) is 12.1 Å². The van der Waals surface area contributed by atoms with E-state index in [-0.39, 0.29) is 24.7 Å². The highest BCUT2D eigenvalue weighted by atomic mass is 16.4. The first kappa shape index (κ1) is 18.0. The number of carboxylic acids is 1. The number of amides is 2. The molecule has 7 heteroatoms. The minimum Gasteiger partial charge on any atom is -0.480 e. The lowest BCUT2D eigenvalue weighted by molar-refractivity contribution is -0.139. The van der Waals surface area contributed by atoms with Gasteiger partial charge in [-0.3, -0.25) is 9.69 Å². The Hall–Kier alpha value is -1.34. The smallest absolute Gasteiger partial charge is 0.317 e. The maximum atomic E-state index is 11.9. The molecule has 0 aliphatic heterocycles. The highest BCUT2D eigenvalue weighted by Crippen LogP contribution is 2.27. The largest absolute Gasteiger partial charge is 0.480 e. The number of nitrogens with one attached hydrogen (secondary N) is 2. The van der Waals surface area contributed by atoms with Gasteiger partial charge in [0.1, 0.15) is 0 Å². The molecule has 0 unspecified atom stereocenters. The number of hydrogen-bond acceptors (Lipinski definition) is 4. The summed E-state index contributed by atoms with van der Waals surface area (Å²) in [5.74, 6) is -0.818. The standard InChI is InChI=1S/C16H29N3O4/c1-2-19(10-14(20)21)13-8-12(9-13)18-15(22)17-11-16(23)6-4-3-5-7-16/h12-13,23H,2-11H2,1H3,(H,20,21)(H2,17,18,22). The van der Waals surface area contributed by atoms with Gasteiger partial charge < -0.3 is 20.8 Å². The average Bonchev–Trinajstić information content (AvgIpc) is 2.47. The zero-order chi connectivity index (χ0) is 16.9. The van der Waals surface area contributed by atoms with Gasteiger partial charge in [-0.05, 0) is 32.2 Å². The van der Waals surface area contributed by atoms with Crippen molar-refractivity contribution in [2.24, 2.45) is 0 Å². The number of carboxylic acid groups (broad SMARTS) is 1. The topological polar surface area (TPSA) is 102 Å². The van der Waals surface area contributed by atoms with Gasteiger partial charge >= 0.3 is 12.0 Å². The number of nitrogens with zero attached hydrogens (tertiary/aromatic N) is 1. The zero-order valence-electron chi connectivity index (χ0n) is 13.9. The molecule has 0 spiro atoms. The summed E-state index contributed by atoms with van der Waals surface area (Å²) in [6.45, 7) is 2.99. The number of likely N-dealkylation sites (N-methyl/N-ethyl adjacent to an activating group) is 1. The summed E-state index contributed by atoms with van der Waals surface area (Å²) in [6, 6.07) is 0.0708. The fourth-order valence-electron chi connectivity index (χ4n) is 3.54. The van der Waals surface area contributed by atoms with Crippen LogP contribution in [0.2, 0.25) is 0 Å². The van der Waals surface area contributed by atoms with Crippen LogP contribution in [0.15, 0.2) is 0 Å². The van der Waals surface area contributed by atoms with Gasteiger partial charge in [0.25, 0.3) is 0 Å². The van der Waals surface area contributed by atoms with Crippen LogP contribution in [-0.4, -0.2) is 64.4 Å². The van der Waals surface area contributed by atoms with Crippen molar-refractivity contribution in [1.29, 1.82) is 0 Å². The van der Waals surface area contributed by atoms with Crippen LogP contribution in [-0.2, 0) is 4.79 Å². The molecule has 2 fully saturated rings. The summed E-state index contributed by atoms with van der Waals surface area (Å²) >= 11 is 0. The van der Waals surface area contributed by atoms with Gasteiger partial charge in [-0.2, -0.15) is 0 Å². The number of aliphatic hydroxyl groups is 1.